The number of carbonyl (C=O) groups is 1. The summed E-state index contributed by atoms with van der Waals surface area (Å²) in [7, 11) is 0. The third-order valence-corrected chi connectivity index (χ3v) is 6.08. The van der Waals surface area contributed by atoms with Crippen LogP contribution in [0.5, 0.6) is 0 Å². The molecule has 1 N–H and O–H groups in total. The lowest BCUT2D eigenvalue weighted by Crippen LogP contribution is -2.23. The zero-order valence-electron chi connectivity index (χ0n) is 17.2. The van der Waals surface area contributed by atoms with Gasteiger partial charge in [0.25, 0.3) is 0 Å². The quantitative estimate of drug-likeness (QED) is 0.612. The fourth-order valence-corrected chi connectivity index (χ4v) is 4.23. The number of nitrogens with zero attached hydrogens (tertiary/aromatic N) is 3. The number of benzene rings is 2. The summed E-state index contributed by atoms with van der Waals surface area (Å²) in [5.41, 5.74) is 0.724. The predicted octanol–water partition coefficient (Wildman–Crippen LogP) is 4.01. The maximum atomic E-state index is 15.0. The highest BCUT2D eigenvalue weighted by molar-refractivity contribution is 5.93. The minimum atomic E-state index is -1.31. The molecule has 1 aliphatic heterocycles. The van der Waals surface area contributed by atoms with E-state index in [1.807, 2.05) is 4.90 Å². The number of aliphatic imine (C=N–C) groups is 1. The Hall–Kier alpha value is -3.55. The third kappa shape index (κ3) is 3.77. The number of aromatic nitrogens is 1. The normalized spacial score (nSPS) is 18.7. The van der Waals surface area contributed by atoms with E-state index in [1.54, 1.807) is 29.0 Å². The summed E-state index contributed by atoms with van der Waals surface area (Å²) < 4.78 is 29.9. The molecule has 1 atom stereocenters. The van der Waals surface area contributed by atoms with Crippen LogP contribution in [-0.4, -0.2) is 41.0 Å². The van der Waals surface area contributed by atoms with Crippen LogP contribution in [0, 0.1) is 11.6 Å². The van der Waals surface area contributed by atoms with Gasteiger partial charge in [0.1, 0.15) is 17.2 Å². The Morgan fingerprint density at radius 2 is 1.88 bits per heavy atom. The SMILES string of the molecule is O=C(O)c1cn(C2CC2)c2cc(N3CCC(N=Cc4ccc(F)cc4)C3)c(F)cc2c1=O. The maximum absolute atomic E-state index is 15.0. The van der Waals surface area contributed by atoms with Gasteiger partial charge in [-0.3, -0.25) is 9.79 Å². The molecule has 2 aliphatic rings. The van der Waals surface area contributed by atoms with Gasteiger partial charge in [-0.15, -0.1) is 0 Å². The van der Waals surface area contributed by atoms with Gasteiger partial charge in [0.2, 0.25) is 5.43 Å². The second kappa shape index (κ2) is 7.85. The van der Waals surface area contributed by atoms with Crippen LogP contribution in [0.3, 0.4) is 0 Å². The van der Waals surface area contributed by atoms with Gasteiger partial charge in [-0.2, -0.15) is 0 Å². The lowest BCUT2D eigenvalue weighted by molar-refractivity contribution is 0.0695. The van der Waals surface area contributed by atoms with E-state index in [1.165, 1.54) is 18.3 Å². The highest BCUT2D eigenvalue weighted by atomic mass is 19.1. The molecule has 6 nitrogen and oxygen atoms in total. The maximum Gasteiger partial charge on any atom is 0.341 e. The Bertz CT molecular complexity index is 1300. The number of hydrogen-bond donors (Lipinski definition) is 1. The number of hydrogen-bond acceptors (Lipinski definition) is 4. The van der Waals surface area contributed by atoms with E-state index in [4.69, 9.17) is 0 Å². The fourth-order valence-electron chi connectivity index (χ4n) is 4.23. The molecule has 0 bridgehead atoms. The van der Waals surface area contributed by atoms with Crippen LogP contribution in [0.1, 0.15) is 41.2 Å². The second-order valence-corrected chi connectivity index (χ2v) is 8.35. The summed E-state index contributed by atoms with van der Waals surface area (Å²) in [6.45, 7) is 1.12. The van der Waals surface area contributed by atoms with Gasteiger partial charge in [0.15, 0.2) is 0 Å². The minimum absolute atomic E-state index is 0.0323. The average molecular weight is 437 g/mol. The second-order valence-electron chi connectivity index (χ2n) is 8.35. The third-order valence-electron chi connectivity index (χ3n) is 6.08. The zero-order chi connectivity index (χ0) is 22.4. The molecule has 1 aromatic heterocycles. The summed E-state index contributed by atoms with van der Waals surface area (Å²) in [6.07, 6.45) is 5.61. The Morgan fingerprint density at radius 3 is 2.56 bits per heavy atom. The molecule has 2 fully saturated rings. The van der Waals surface area contributed by atoms with Gasteiger partial charge in [-0.25, -0.2) is 13.6 Å². The topological polar surface area (TPSA) is 74.9 Å². The number of carboxylic acids is 1. The molecule has 164 valence electrons. The Balaban J connectivity index is 1.46. The van der Waals surface area contributed by atoms with Crippen molar-refractivity contribution in [1.82, 2.24) is 4.57 Å². The number of carboxylic acid groups (broad SMARTS) is 1. The number of fused-ring (bicyclic) bond motifs is 1. The van der Waals surface area contributed by atoms with E-state index >= 15 is 4.39 Å². The first kappa shape index (κ1) is 20.4. The van der Waals surface area contributed by atoms with Crippen molar-refractivity contribution in [1.29, 1.82) is 0 Å². The van der Waals surface area contributed by atoms with Gasteiger partial charge < -0.3 is 14.6 Å². The van der Waals surface area contributed by atoms with E-state index in [-0.39, 0.29) is 28.9 Å². The van der Waals surface area contributed by atoms with Crippen molar-refractivity contribution in [2.75, 3.05) is 18.0 Å². The number of pyridine rings is 1. The predicted molar refractivity (Wildman–Crippen MR) is 118 cm³/mol. The van der Waals surface area contributed by atoms with Crippen molar-refractivity contribution in [2.24, 2.45) is 4.99 Å². The number of anilines is 1. The molecule has 2 heterocycles. The number of rotatable bonds is 5. The molecule has 0 amide bonds. The lowest BCUT2D eigenvalue weighted by Gasteiger charge is -2.21. The van der Waals surface area contributed by atoms with Crippen LogP contribution >= 0.6 is 0 Å². The fraction of sp³-hybridized carbons (Fsp3) is 0.292. The summed E-state index contributed by atoms with van der Waals surface area (Å²) in [4.78, 5) is 30.6. The van der Waals surface area contributed by atoms with Gasteiger partial charge in [-0.1, -0.05) is 12.1 Å². The summed E-state index contributed by atoms with van der Waals surface area (Å²) in [5.74, 6) is -2.17. The first-order valence-corrected chi connectivity index (χ1v) is 10.6. The molecular formula is C24H21F2N3O3. The number of halogens is 2. The van der Waals surface area contributed by atoms with Crippen molar-refractivity contribution in [3.63, 3.8) is 0 Å². The van der Waals surface area contributed by atoms with E-state index < -0.39 is 17.2 Å². The minimum Gasteiger partial charge on any atom is -0.477 e. The zero-order valence-corrected chi connectivity index (χ0v) is 17.2. The van der Waals surface area contributed by atoms with Crippen molar-refractivity contribution >= 4 is 28.8 Å². The van der Waals surface area contributed by atoms with Gasteiger partial charge in [0, 0.05) is 36.9 Å². The van der Waals surface area contributed by atoms with Crippen LogP contribution < -0.4 is 10.3 Å². The van der Waals surface area contributed by atoms with Gasteiger partial charge in [0.05, 0.1) is 17.2 Å². The summed E-state index contributed by atoms with van der Waals surface area (Å²) in [5, 5.41) is 9.46. The first-order valence-electron chi connectivity index (χ1n) is 10.6. The largest absolute Gasteiger partial charge is 0.477 e. The van der Waals surface area contributed by atoms with E-state index in [0.717, 1.165) is 30.9 Å². The monoisotopic (exact) mass is 437 g/mol. The Morgan fingerprint density at radius 1 is 1.12 bits per heavy atom. The molecule has 1 aliphatic carbocycles. The Kier molecular flexibility index (Phi) is 5.00. The molecule has 2 aromatic carbocycles. The highest BCUT2D eigenvalue weighted by Crippen LogP contribution is 2.38. The van der Waals surface area contributed by atoms with Gasteiger partial charge >= 0.3 is 5.97 Å². The molecule has 1 saturated carbocycles. The van der Waals surface area contributed by atoms with Crippen molar-refractivity contribution in [3.05, 3.63) is 75.6 Å². The van der Waals surface area contributed by atoms with Crippen LogP contribution in [0.2, 0.25) is 0 Å². The molecule has 32 heavy (non-hydrogen) atoms. The van der Waals surface area contributed by atoms with Crippen LogP contribution in [0.15, 0.2) is 52.4 Å². The van der Waals surface area contributed by atoms with Crippen molar-refractivity contribution in [2.45, 2.75) is 31.3 Å². The van der Waals surface area contributed by atoms with Crippen molar-refractivity contribution < 1.29 is 18.7 Å². The average Bonchev–Trinajstić information content (AvgIpc) is 3.51. The summed E-state index contributed by atoms with van der Waals surface area (Å²) >= 11 is 0. The molecule has 3 aromatic rings. The Labute approximate surface area is 182 Å². The van der Waals surface area contributed by atoms with Crippen LogP contribution in [0.4, 0.5) is 14.5 Å². The van der Waals surface area contributed by atoms with E-state index in [0.29, 0.717) is 24.3 Å². The molecular weight excluding hydrogens is 416 g/mol. The molecule has 0 spiro atoms. The lowest BCUT2D eigenvalue weighted by atomic mass is 10.1. The van der Waals surface area contributed by atoms with Crippen LogP contribution in [0.25, 0.3) is 10.9 Å². The molecule has 0 radical (unpaired) electrons. The molecule has 1 saturated heterocycles. The standard InChI is InChI=1S/C24H21F2N3O3/c25-15-3-1-14(2-4-15)11-27-16-7-8-28(12-16)22-10-21-18(9-20(22)26)23(30)19(24(31)32)13-29(21)17-5-6-17/h1-4,9-11,13,16-17H,5-8,12H2,(H,31,32). The highest BCUT2D eigenvalue weighted by Gasteiger charge is 2.29. The molecule has 8 heteroatoms. The van der Waals surface area contributed by atoms with Crippen molar-refractivity contribution in [3.8, 4) is 0 Å². The van der Waals surface area contributed by atoms with Gasteiger partial charge in [-0.05, 0) is 49.1 Å². The summed E-state index contributed by atoms with van der Waals surface area (Å²) in [6, 6.07) is 8.96. The first-order chi connectivity index (χ1) is 15.4. The smallest absolute Gasteiger partial charge is 0.341 e. The van der Waals surface area contributed by atoms with E-state index in [9.17, 15) is 19.1 Å². The number of aromatic carboxylic acids is 1. The molecule has 1 unspecified atom stereocenters. The molecule has 5 rings (SSSR count). The van der Waals surface area contributed by atoms with Crippen LogP contribution in [-0.2, 0) is 0 Å². The van der Waals surface area contributed by atoms with E-state index in [2.05, 4.69) is 4.99 Å².